The summed E-state index contributed by atoms with van der Waals surface area (Å²) < 4.78 is 0. The monoisotopic (exact) mass is 265 g/mol. The summed E-state index contributed by atoms with van der Waals surface area (Å²) in [6, 6.07) is 0. The molecule has 1 saturated carbocycles. The maximum atomic E-state index is 5.85. The van der Waals surface area contributed by atoms with Gasteiger partial charge in [0.15, 0.2) is 0 Å². The SMILES string of the molecule is CN1CCCC(c2csc(CC3(CN)CC3)n2)C1. The van der Waals surface area contributed by atoms with Crippen molar-refractivity contribution in [2.24, 2.45) is 11.1 Å². The third kappa shape index (κ3) is 2.60. The topological polar surface area (TPSA) is 42.1 Å². The molecule has 2 fully saturated rings. The molecule has 2 heterocycles. The highest BCUT2D eigenvalue weighted by atomic mass is 32.1. The summed E-state index contributed by atoms with van der Waals surface area (Å²) in [5.74, 6) is 0.654. The lowest BCUT2D eigenvalue weighted by Gasteiger charge is -2.28. The number of aromatic nitrogens is 1. The van der Waals surface area contributed by atoms with Gasteiger partial charge in [-0.05, 0) is 51.2 Å². The Morgan fingerprint density at radius 1 is 1.56 bits per heavy atom. The lowest BCUT2D eigenvalue weighted by Crippen LogP contribution is -2.30. The predicted octanol–water partition coefficient (Wildman–Crippen LogP) is 2.23. The van der Waals surface area contributed by atoms with Crippen molar-refractivity contribution in [1.82, 2.24) is 9.88 Å². The third-order valence-corrected chi connectivity index (χ3v) is 5.40. The number of hydrogen-bond acceptors (Lipinski definition) is 4. The number of thiazole rings is 1. The lowest BCUT2D eigenvalue weighted by molar-refractivity contribution is 0.248. The number of rotatable bonds is 4. The largest absolute Gasteiger partial charge is 0.330 e. The van der Waals surface area contributed by atoms with Crippen LogP contribution in [0.3, 0.4) is 0 Å². The van der Waals surface area contributed by atoms with E-state index in [1.807, 2.05) is 11.3 Å². The molecule has 2 N–H and O–H groups in total. The maximum Gasteiger partial charge on any atom is 0.0934 e. The van der Waals surface area contributed by atoms with Crippen LogP contribution in [0, 0.1) is 5.41 Å². The Bertz CT molecular complexity index is 411. The summed E-state index contributed by atoms with van der Waals surface area (Å²) in [6.07, 6.45) is 6.31. The van der Waals surface area contributed by atoms with Gasteiger partial charge in [0, 0.05) is 24.3 Å². The summed E-state index contributed by atoms with van der Waals surface area (Å²) in [4.78, 5) is 7.30. The van der Waals surface area contributed by atoms with Crippen LogP contribution < -0.4 is 5.73 Å². The molecule has 1 aliphatic carbocycles. The minimum absolute atomic E-state index is 0.415. The molecule has 1 aliphatic heterocycles. The number of nitrogens with two attached hydrogens (primary N) is 1. The molecule has 0 amide bonds. The molecule has 0 aromatic carbocycles. The number of likely N-dealkylation sites (tertiary alicyclic amines) is 1. The second-order valence-corrected chi connectivity index (χ2v) is 7.09. The Labute approximate surface area is 113 Å². The molecule has 100 valence electrons. The number of piperidine rings is 1. The molecule has 2 aliphatic rings. The molecule has 4 heteroatoms. The van der Waals surface area contributed by atoms with Crippen molar-refractivity contribution < 1.29 is 0 Å². The highest BCUT2D eigenvalue weighted by Gasteiger charge is 2.41. The van der Waals surface area contributed by atoms with Gasteiger partial charge in [-0.15, -0.1) is 11.3 Å². The van der Waals surface area contributed by atoms with Gasteiger partial charge in [-0.2, -0.15) is 0 Å². The van der Waals surface area contributed by atoms with Crippen molar-refractivity contribution in [3.05, 3.63) is 16.1 Å². The average Bonchev–Trinajstić information content (AvgIpc) is 2.99. The van der Waals surface area contributed by atoms with Crippen LogP contribution in [0.2, 0.25) is 0 Å². The quantitative estimate of drug-likeness (QED) is 0.908. The van der Waals surface area contributed by atoms with Crippen LogP contribution in [0.25, 0.3) is 0 Å². The summed E-state index contributed by atoms with van der Waals surface area (Å²) in [7, 11) is 2.22. The fourth-order valence-corrected chi connectivity index (χ4v) is 4.00. The second-order valence-electron chi connectivity index (χ2n) is 6.15. The van der Waals surface area contributed by atoms with Crippen LogP contribution in [0.1, 0.15) is 42.3 Å². The van der Waals surface area contributed by atoms with E-state index in [9.17, 15) is 0 Å². The molecule has 1 atom stereocenters. The van der Waals surface area contributed by atoms with E-state index in [0.29, 0.717) is 11.3 Å². The van der Waals surface area contributed by atoms with E-state index in [2.05, 4.69) is 17.3 Å². The fraction of sp³-hybridized carbons (Fsp3) is 0.786. The van der Waals surface area contributed by atoms with Crippen molar-refractivity contribution in [1.29, 1.82) is 0 Å². The lowest BCUT2D eigenvalue weighted by atomic mass is 9.96. The Hall–Kier alpha value is -0.450. The van der Waals surface area contributed by atoms with Crippen LogP contribution in [0.15, 0.2) is 5.38 Å². The third-order valence-electron chi connectivity index (χ3n) is 4.53. The number of hydrogen-bond donors (Lipinski definition) is 1. The first kappa shape index (κ1) is 12.6. The second kappa shape index (κ2) is 4.91. The Morgan fingerprint density at radius 3 is 3.06 bits per heavy atom. The Morgan fingerprint density at radius 2 is 2.39 bits per heavy atom. The molecule has 0 spiro atoms. The van der Waals surface area contributed by atoms with Gasteiger partial charge in [0.1, 0.15) is 0 Å². The molecule has 1 saturated heterocycles. The maximum absolute atomic E-state index is 5.85. The average molecular weight is 265 g/mol. The first-order valence-electron chi connectivity index (χ1n) is 7.04. The van der Waals surface area contributed by atoms with Gasteiger partial charge >= 0.3 is 0 Å². The van der Waals surface area contributed by atoms with Crippen molar-refractivity contribution >= 4 is 11.3 Å². The zero-order valence-electron chi connectivity index (χ0n) is 11.2. The van der Waals surface area contributed by atoms with E-state index in [1.54, 1.807) is 0 Å². The minimum atomic E-state index is 0.415. The van der Waals surface area contributed by atoms with Gasteiger partial charge in [-0.1, -0.05) is 0 Å². The van der Waals surface area contributed by atoms with Gasteiger partial charge in [-0.3, -0.25) is 0 Å². The standard InChI is InChI=1S/C14H23N3S/c1-17-6-2-3-11(8-17)12-9-18-13(16-12)7-14(10-15)4-5-14/h9,11H,2-8,10,15H2,1H3. The van der Waals surface area contributed by atoms with Crippen LogP contribution in [0.5, 0.6) is 0 Å². The van der Waals surface area contributed by atoms with E-state index in [1.165, 1.54) is 49.5 Å². The summed E-state index contributed by atoms with van der Waals surface area (Å²) in [6.45, 7) is 3.24. The van der Waals surface area contributed by atoms with E-state index in [4.69, 9.17) is 10.7 Å². The van der Waals surface area contributed by atoms with Gasteiger partial charge in [0.05, 0.1) is 10.7 Å². The molecular formula is C14H23N3S. The van der Waals surface area contributed by atoms with Crippen molar-refractivity contribution in [2.45, 2.75) is 38.0 Å². The molecule has 3 rings (SSSR count). The van der Waals surface area contributed by atoms with Crippen LogP contribution in [-0.2, 0) is 6.42 Å². The van der Waals surface area contributed by atoms with Crippen LogP contribution >= 0.6 is 11.3 Å². The first-order chi connectivity index (χ1) is 8.71. The Kier molecular flexibility index (Phi) is 3.43. The highest BCUT2D eigenvalue weighted by molar-refractivity contribution is 7.09. The van der Waals surface area contributed by atoms with Crippen molar-refractivity contribution in [3.63, 3.8) is 0 Å². The highest BCUT2D eigenvalue weighted by Crippen LogP contribution is 2.47. The normalized spacial score (nSPS) is 27.3. The molecule has 1 unspecified atom stereocenters. The predicted molar refractivity (Wildman–Crippen MR) is 76.0 cm³/mol. The summed E-state index contributed by atoms with van der Waals surface area (Å²) >= 11 is 1.84. The summed E-state index contributed by atoms with van der Waals surface area (Å²) in [5.41, 5.74) is 7.60. The van der Waals surface area contributed by atoms with Gasteiger partial charge < -0.3 is 10.6 Å². The summed E-state index contributed by atoms with van der Waals surface area (Å²) in [5, 5.41) is 3.59. The molecule has 0 radical (unpaired) electrons. The number of nitrogens with zero attached hydrogens (tertiary/aromatic N) is 2. The van der Waals surface area contributed by atoms with E-state index in [-0.39, 0.29) is 0 Å². The fourth-order valence-electron chi connectivity index (χ4n) is 2.95. The molecular weight excluding hydrogens is 242 g/mol. The van der Waals surface area contributed by atoms with Gasteiger partial charge in [0.2, 0.25) is 0 Å². The zero-order valence-corrected chi connectivity index (χ0v) is 12.0. The van der Waals surface area contributed by atoms with Crippen molar-refractivity contribution in [2.75, 3.05) is 26.7 Å². The zero-order chi connectivity index (χ0) is 12.6. The van der Waals surface area contributed by atoms with Gasteiger partial charge in [-0.25, -0.2) is 4.98 Å². The smallest absolute Gasteiger partial charge is 0.0934 e. The molecule has 18 heavy (non-hydrogen) atoms. The van der Waals surface area contributed by atoms with Crippen LogP contribution in [0.4, 0.5) is 0 Å². The van der Waals surface area contributed by atoms with Crippen LogP contribution in [-0.4, -0.2) is 36.6 Å². The minimum Gasteiger partial charge on any atom is -0.330 e. The van der Waals surface area contributed by atoms with E-state index < -0.39 is 0 Å². The molecule has 3 nitrogen and oxygen atoms in total. The van der Waals surface area contributed by atoms with E-state index in [0.717, 1.165) is 13.0 Å². The Balaban J connectivity index is 1.65. The molecule has 0 bridgehead atoms. The van der Waals surface area contributed by atoms with E-state index >= 15 is 0 Å². The van der Waals surface area contributed by atoms with Gasteiger partial charge in [0.25, 0.3) is 0 Å². The number of likely N-dealkylation sites (N-methyl/N-ethyl adjacent to an activating group) is 1. The molecule has 1 aromatic rings. The first-order valence-corrected chi connectivity index (χ1v) is 7.92. The molecule has 1 aromatic heterocycles. The van der Waals surface area contributed by atoms with Crippen molar-refractivity contribution in [3.8, 4) is 0 Å².